The second kappa shape index (κ2) is 20.4. The Balaban J connectivity index is 1.47. The first-order chi connectivity index (χ1) is 26.2. The van der Waals surface area contributed by atoms with Crippen molar-refractivity contribution in [2.24, 2.45) is 0 Å². The van der Waals surface area contributed by atoms with Gasteiger partial charge in [-0.1, -0.05) is 105 Å². The molecule has 0 heterocycles. The Kier molecular flexibility index (Phi) is 15.4. The molecule has 0 aliphatic carbocycles. The van der Waals surface area contributed by atoms with E-state index in [1.54, 1.807) is 60.7 Å². The number of hydrogen-bond donors (Lipinski definition) is 3. The number of aliphatic hydroxyl groups excluding tert-OH is 3. The Morgan fingerprint density at radius 2 is 1.44 bits per heavy atom. The SMILES string of the molecule is CCCCOc1ccc(Sc2ccc(-c3ccccc3C(O)c3cc(C(O)CCCCCCCO)ccc3OC)cc2S(=O)(=O)Oc2ccccc2)cc1. The molecule has 0 aromatic heterocycles. The van der Waals surface area contributed by atoms with Crippen molar-refractivity contribution < 1.29 is 37.4 Å². The van der Waals surface area contributed by atoms with Crippen LogP contribution in [-0.2, 0) is 10.1 Å². The van der Waals surface area contributed by atoms with Crippen LogP contribution < -0.4 is 13.7 Å². The van der Waals surface area contributed by atoms with E-state index in [4.69, 9.17) is 18.8 Å². The van der Waals surface area contributed by atoms with Gasteiger partial charge in [-0.25, -0.2) is 0 Å². The number of methoxy groups -OCH3 is 1. The lowest BCUT2D eigenvalue weighted by Crippen LogP contribution is -2.11. The summed E-state index contributed by atoms with van der Waals surface area (Å²) in [5.41, 5.74) is 2.89. The van der Waals surface area contributed by atoms with E-state index in [0.717, 1.165) is 55.6 Å². The van der Waals surface area contributed by atoms with E-state index in [-0.39, 0.29) is 17.3 Å². The first kappa shape index (κ1) is 40.9. The fraction of sp³-hybridized carbons (Fsp3) is 0.318. The van der Waals surface area contributed by atoms with Gasteiger partial charge in [-0.3, -0.25) is 0 Å². The van der Waals surface area contributed by atoms with Crippen LogP contribution in [0.1, 0.15) is 87.2 Å². The molecule has 5 aromatic rings. The maximum atomic E-state index is 14.0. The van der Waals surface area contributed by atoms with E-state index in [0.29, 0.717) is 51.5 Å². The summed E-state index contributed by atoms with van der Waals surface area (Å²) in [5.74, 6) is 1.41. The third kappa shape index (κ3) is 11.1. The minimum absolute atomic E-state index is 0.0134. The molecule has 3 N–H and O–H groups in total. The van der Waals surface area contributed by atoms with E-state index in [9.17, 15) is 18.6 Å². The number of rotatable bonds is 21. The van der Waals surface area contributed by atoms with Crippen LogP contribution in [0.15, 0.2) is 130 Å². The second-order valence-corrected chi connectivity index (χ2v) is 15.7. The second-order valence-electron chi connectivity index (χ2n) is 13.1. The lowest BCUT2D eigenvalue weighted by molar-refractivity contribution is 0.162. The molecule has 54 heavy (non-hydrogen) atoms. The number of unbranched alkanes of at least 4 members (excludes halogenated alkanes) is 5. The Hall–Kier alpha value is -4.32. The van der Waals surface area contributed by atoms with Crippen LogP contribution in [-0.4, -0.2) is 44.1 Å². The molecule has 0 radical (unpaired) electrons. The quantitative estimate of drug-likeness (QED) is 0.0494. The molecule has 0 fully saturated rings. The van der Waals surface area contributed by atoms with E-state index in [2.05, 4.69) is 6.92 Å². The van der Waals surface area contributed by atoms with Gasteiger partial charge in [0.2, 0.25) is 0 Å². The highest BCUT2D eigenvalue weighted by molar-refractivity contribution is 8.00. The van der Waals surface area contributed by atoms with Crippen molar-refractivity contribution in [3.8, 4) is 28.4 Å². The molecule has 5 rings (SSSR count). The number of benzene rings is 5. The largest absolute Gasteiger partial charge is 0.496 e. The molecule has 286 valence electrons. The van der Waals surface area contributed by atoms with Crippen LogP contribution in [0.5, 0.6) is 17.2 Å². The lowest BCUT2D eigenvalue weighted by Gasteiger charge is -2.21. The van der Waals surface area contributed by atoms with Crippen LogP contribution in [0, 0.1) is 0 Å². The van der Waals surface area contributed by atoms with E-state index < -0.39 is 22.3 Å². The van der Waals surface area contributed by atoms with Crippen molar-refractivity contribution in [1.82, 2.24) is 0 Å². The summed E-state index contributed by atoms with van der Waals surface area (Å²) in [6.07, 6.45) is 5.24. The molecular formula is C44H50O8S2. The number of hydrogen-bond acceptors (Lipinski definition) is 9. The van der Waals surface area contributed by atoms with Gasteiger partial charge in [-0.15, -0.1) is 0 Å². The average molecular weight is 771 g/mol. The summed E-state index contributed by atoms with van der Waals surface area (Å²) in [5, 5.41) is 32.1. The predicted octanol–water partition coefficient (Wildman–Crippen LogP) is 9.91. The van der Waals surface area contributed by atoms with Gasteiger partial charge in [0.05, 0.1) is 19.8 Å². The van der Waals surface area contributed by atoms with Crippen molar-refractivity contribution in [2.45, 2.75) is 85.2 Å². The zero-order valence-corrected chi connectivity index (χ0v) is 32.5. The highest BCUT2D eigenvalue weighted by Gasteiger charge is 2.26. The van der Waals surface area contributed by atoms with Gasteiger partial charge in [0, 0.05) is 22.0 Å². The zero-order valence-electron chi connectivity index (χ0n) is 30.9. The summed E-state index contributed by atoms with van der Waals surface area (Å²) in [6.45, 7) is 2.94. The van der Waals surface area contributed by atoms with Gasteiger partial charge < -0.3 is 29.0 Å². The predicted molar refractivity (Wildman–Crippen MR) is 214 cm³/mol. The minimum Gasteiger partial charge on any atom is -0.496 e. The van der Waals surface area contributed by atoms with Crippen molar-refractivity contribution in [1.29, 1.82) is 0 Å². The molecule has 0 saturated heterocycles. The van der Waals surface area contributed by atoms with E-state index >= 15 is 0 Å². The Bertz CT molecular complexity index is 2020. The summed E-state index contributed by atoms with van der Waals surface area (Å²) in [7, 11) is -2.78. The summed E-state index contributed by atoms with van der Waals surface area (Å²) < 4.78 is 45.1. The molecule has 5 aromatic carbocycles. The molecule has 8 nitrogen and oxygen atoms in total. The third-order valence-corrected chi connectivity index (χ3v) is 11.6. The Morgan fingerprint density at radius 1 is 0.722 bits per heavy atom. The highest BCUT2D eigenvalue weighted by Crippen LogP contribution is 2.41. The van der Waals surface area contributed by atoms with Crippen LogP contribution >= 0.6 is 11.8 Å². The van der Waals surface area contributed by atoms with Crippen LogP contribution in [0.2, 0.25) is 0 Å². The maximum absolute atomic E-state index is 14.0. The highest BCUT2D eigenvalue weighted by atomic mass is 32.2. The summed E-state index contributed by atoms with van der Waals surface area (Å²) >= 11 is 1.30. The number of aliphatic hydroxyl groups is 3. The topological polar surface area (TPSA) is 123 Å². The van der Waals surface area contributed by atoms with E-state index in [1.807, 2.05) is 54.6 Å². The monoisotopic (exact) mass is 770 g/mol. The Labute approximate surface area is 323 Å². The smallest absolute Gasteiger partial charge is 0.340 e. The normalized spacial score (nSPS) is 12.6. The molecule has 2 unspecified atom stereocenters. The molecule has 0 bridgehead atoms. The first-order valence-corrected chi connectivity index (χ1v) is 20.7. The summed E-state index contributed by atoms with van der Waals surface area (Å²) in [6, 6.07) is 33.8. The molecule has 2 atom stereocenters. The average Bonchev–Trinajstić information content (AvgIpc) is 3.19. The van der Waals surface area contributed by atoms with Gasteiger partial charge in [-0.2, -0.15) is 8.42 Å². The zero-order chi connectivity index (χ0) is 38.3. The molecule has 0 amide bonds. The van der Waals surface area contributed by atoms with Gasteiger partial charge >= 0.3 is 10.1 Å². The van der Waals surface area contributed by atoms with Gasteiger partial charge in [-0.05, 0) is 102 Å². The van der Waals surface area contributed by atoms with Gasteiger partial charge in [0.25, 0.3) is 0 Å². The van der Waals surface area contributed by atoms with Crippen LogP contribution in [0.25, 0.3) is 11.1 Å². The first-order valence-electron chi connectivity index (χ1n) is 18.5. The van der Waals surface area contributed by atoms with Crippen LogP contribution in [0.3, 0.4) is 0 Å². The van der Waals surface area contributed by atoms with Crippen molar-refractivity contribution in [3.63, 3.8) is 0 Å². The molecule has 0 aliphatic rings. The fourth-order valence-corrected chi connectivity index (χ4v) is 8.45. The number of ether oxygens (including phenoxy) is 2. The van der Waals surface area contributed by atoms with E-state index in [1.165, 1.54) is 18.9 Å². The van der Waals surface area contributed by atoms with Gasteiger partial charge in [0.1, 0.15) is 28.2 Å². The summed E-state index contributed by atoms with van der Waals surface area (Å²) in [4.78, 5) is 1.29. The Morgan fingerprint density at radius 3 is 2.19 bits per heavy atom. The van der Waals surface area contributed by atoms with Crippen molar-refractivity contribution in [2.75, 3.05) is 20.3 Å². The molecule has 0 saturated carbocycles. The molecule has 10 heteroatoms. The van der Waals surface area contributed by atoms with Crippen molar-refractivity contribution in [3.05, 3.63) is 132 Å². The van der Waals surface area contributed by atoms with Gasteiger partial charge in [0.15, 0.2) is 0 Å². The van der Waals surface area contributed by atoms with Crippen molar-refractivity contribution >= 4 is 21.9 Å². The fourth-order valence-electron chi connectivity index (χ4n) is 6.15. The number of para-hydroxylation sites is 1. The molecule has 0 spiro atoms. The minimum atomic E-state index is -4.31. The lowest BCUT2D eigenvalue weighted by atomic mass is 9.90. The molecule has 0 aliphatic heterocycles. The maximum Gasteiger partial charge on any atom is 0.340 e. The third-order valence-electron chi connectivity index (χ3n) is 9.12. The molecular weight excluding hydrogens is 721 g/mol. The standard InChI is InChI=1S/C44H50O8S2/c1-3-4-29-51-34-22-24-36(25-23-34)53-42-27-21-32(31-43(42)54(48,49)52-35-15-9-8-10-16-35)37-17-12-13-18-38(37)44(47)39-30-33(20-26-41(39)50-2)40(46)19-11-6-5-7-14-28-45/h8-10,12-13,15-18,20-27,30-31,40,44-47H,3-7,11,14,19,28-29H2,1-2H3. The van der Waals surface area contributed by atoms with Crippen LogP contribution in [0.4, 0.5) is 0 Å².